The summed E-state index contributed by atoms with van der Waals surface area (Å²) in [4.78, 5) is 0. The molecule has 1 unspecified atom stereocenters. The van der Waals surface area contributed by atoms with Crippen LogP contribution in [0.2, 0.25) is 0 Å². The van der Waals surface area contributed by atoms with E-state index in [0.29, 0.717) is 18.4 Å². The fraction of sp³-hybridized carbons (Fsp3) is 0.308. The number of fused-ring (bicyclic) bond motifs is 1. The van der Waals surface area contributed by atoms with Crippen molar-refractivity contribution in [1.82, 2.24) is 0 Å². The molecule has 0 aliphatic heterocycles. The van der Waals surface area contributed by atoms with Crippen LogP contribution in [0.4, 0.5) is 0 Å². The summed E-state index contributed by atoms with van der Waals surface area (Å²) in [5.41, 5.74) is 1.46. The van der Waals surface area contributed by atoms with Crippen molar-refractivity contribution in [2.24, 2.45) is 0 Å². The van der Waals surface area contributed by atoms with Gasteiger partial charge in [-0.05, 0) is 31.4 Å². The summed E-state index contributed by atoms with van der Waals surface area (Å²) in [6.45, 7) is 1.47. The topological polar surface area (TPSA) is 81.3 Å². The molecule has 1 N–H and O–H groups in total. The first-order valence-electron chi connectivity index (χ1n) is 5.95. The molecule has 0 bridgehead atoms. The monoisotopic (exact) mass is 281 g/mol. The SMILES string of the molecule is CC(CCc1cc[n+]([O-])c2ccccc12)S(=O)(=O)O. The van der Waals surface area contributed by atoms with Gasteiger partial charge in [-0.1, -0.05) is 12.1 Å². The molecule has 19 heavy (non-hydrogen) atoms. The maximum Gasteiger partial charge on any atom is 0.267 e. The summed E-state index contributed by atoms with van der Waals surface area (Å²) in [7, 11) is -4.00. The molecular weight excluding hydrogens is 266 g/mol. The second-order valence-electron chi connectivity index (χ2n) is 4.55. The number of aromatic nitrogens is 1. The third kappa shape index (κ3) is 3.02. The molecule has 0 aliphatic rings. The number of hydrogen-bond donors (Lipinski definition) is 1. The molecule has 1 atom stereocenters. The molecule has 0 saturated carbocycles. The highest BCUT2D eigenvalue weighted by Gasteiger charge is 2.18. The lowest BCUT2D eigenvalue weighted by Crippen LogP contribution is -2.26. The zero-order valence-electron chi connectivity index (χ0n) is 10.5. The third-order valence-corrected chi connectivity index (χ3v) is 4.48. The Kier molecular flexibility index (Phi) is 3.73. The van der Waals surface area contributed by atoms with Gasteiger partial charge in [-0.15, -0.1) is 0 Å². The van der Waals surface area contributed by atoms with E-state index in [2.05, 4.69) is 0 Å². The molecule has 1 aromatic heterocycles. The Morgan fingerprint density at radius 1 is 1.32 bits per heavy atom. The molecule has 1 aromatic carbocycles. The van der Waals surface area contributed by atoms with Crippen molar-refractivity contribution in [3.05, 3.63) is 47.3 Å². The number of hydrogen-bond acceptors (Lipinski definition) is 3. The lowest BCUT2D eigenvalue weighted by molar-refractivity contribution is -0.577. The van der Waals surface area contributed by atoms with E-state index in [1.165, 1.54) is 13.1 Å². The lowest BCUT2D eigenvalue weighted by atomic mass is 10.0. The van der Waals surface area contributed by atoms with Crippen molar-refractivity contribution in [3.63, 3.8) is 0 Å². The second kappa shape index (κ2) is 5.14. The summed E-state index contributed by atoms with van der Waals surface area (Å²) in [6, 6.07) is 8.85. The number of para-hydroxylation sites is 1. The number of pyridine rings is 1. The Labute approximate surface area is 111 Å². The van der Waals surface area contributed by atoms with E-state index in [4.69, 9.17) is 4.55 Å². The van der Waals surface area contributed by atoms with E-state index in [-0.39, 0.29) is 0 Å². The Bertz CT molecular complexity index is 697. The summed E-state index contributed by atoms with van der Waals surface area (Å²) in [5.74, 6) is 0. The van der Waals surface area contributed by atoms with Crippen LogP contribution in [-0.4, -0.2) is 18.2 Å². The normalized spacial score (nSPS) is 13.6. The van der Waals surface area contributed by atoms with Crippen LogP contribution in [0.15, 0.2) is 36.5 Å². The van der Waals surface area contributed by atoms with Crippen molar-refractivity contribution in [3.8, 4) is 0 Å². The van der Waals surface area contributed by atoms with Gasteiger partial charge in [0.15, 0.2) is 6.20 Å². The first kappa shape index (κ1) is 13.8. The predicted octanol–water partition coefficient (Wildman–Crippen LogP) is 1.68. The molecule has 0 radical (unpaired) electrons. The van der Waals surface area contributed by atoms with Gasteiger partial charge < -0.3 is 5.21 Å². The fourth-order valence-corrected chi connectivity index (χ4v) is 2.41. The van der Waals surface area contributed by atoms with Crippen LogP contribution >= 0.6 is 0 Å². The van der Waals surface area contributed by atoms with Crippen molar-refractivity contribution in [2.75, 3.05) is 0 Å². The average Bonchev–Trinajstić information content (AvgIpc) is 2.37. The Balaban J connectivity index is 2.30. The molecule has 0 aliphatic carbocycles. The van der Waals surface area contributed by atoms with Crippen LogP contribution < -0.4 is 4.73 Å². The van der Waals surface area contributed by atoms with Gasteiger partial charge in [-0.3, -0.25) is 4.55 Å². The smallest absolute Gasteiger partial charge is 0.267 e. The minimum absolute atomic E-state index is 0.311. The quantitative estimate of drug-likeness (QED) is 0.525. The highest BCUT2D eigenvalue weighted by Crippen LogP contribution is 2.18. The van der Waals surface area contributed by atoms with Gasteiger partial charge in [0, 0.05) is 12.1 Å². The van der Waals surface area contributed by atoms with Gasteiger partial charge >= 0.3 is 0 Å². The molecule has 6 heteroatoms. The summed E-state index contributed by atoms with van der Waals surface area (Å²) < 4.78 is 31.7. The summed E-state index contributed by atoms with van der Waals surface area (Å²) in [5, 5.41) is 11.6. The molecule has 5 nitrogen and oxygen atoms in total. The minimum Gasteiger partial charge on any atom is -0.618 e. The van der Waals surface area contributed by atoms with E-state index in [1.54, 1.807) is 18.2 Å². The molecule has 102 valence electrons. The van der Waals surface area contributed by atoms with Crippen molar-refractivity contribution in [1.29, 1.82) is 0 Å². The first-order valence-corrected chi connectivity index (χ1v) is 7.46. The number of aryl methyl sites for hydroxylation is 1. The van der Waals surface area contributed by atoms with E-state index in [1.807, 2.05) is 12.1 Å². The minimum atomic E-state index is -4.00. The highest BCUT2D eigenvalue weighted by molar-refractivity contribution is 7.86. The van der Waals surface area contributed by atoms with Gasteiger partial charge in [0.05, 0.1) is 10.6 Å². The van der Waals surface area contributed by atoms with E-state index in [0.717, 1.165) is 15.7 Å². The van der Waals surface area contributed by atoms with Gasteiger partial charge in [0.1, 0.15) is 0 Å². The van der Waals surface area contributed by atoms with E-state index < -0.39 is 15.4 Å². The molecule has 2 rings (SSSR count). The third-order valence-electron chi connectivity index (χ3n) is 3.23. The van der Waals surface area contributed by atoms with Crippen molar-refractivity contribution < 1.29 is 17.7 Å². The number of benzene rings is 1. The Hall–Kier alpha value is -1.66. The van der Waals surface area contributed by atoms with Crippen LogP contribution in [0.1, 0.15) is 18.9 Å². The molecule has 0 saturated heterocycles. The van der Waals surface area contributed by atoms with Crippen LogP contribution in [0.3, 0.4) is 0 Å². The Morgan fingerprint density at radius 2 is 2.00 bits per heavy atom. The first-order chi connectivity index (χ1) is 8.89. The largest absolute Gasteiger partial charge is 0.618 e. The zero-order chi connectivity index (χ0) is 14.0. The lowest BCUT2D eigenvalue weighted by Gasteiger charge is -2.10. The molecule has 0 amide bonds. The van der Waals surface area contributed by atoms with Crippen LogP contribution in [0, 0.1) is 5.21 Å². The molecule has 0 fully saturated rings. The van der Waals surface area contributed by atoms with Crippen LogP contribution in [-0.2, 0) is 16.5 Å². The highest BCUT2D eigenvalue weighted by atomic mass is 32.2. The van der Waals surface area contributed by atoms with Crippen LogP contribution in [0.25, 0.3) is 10.9 Å². The summed E-state index contributed by atoms with van der Waals surface area (Å²) in [6.07, 6.45) is 2.21. The predicted molar refractivity (Wildman–Crippen MR) is 72.2 cm³/mol. The fourth-order valence-electron chi connectivity index (χ4n) is 1.99. The van der Waals surface area contributed by atoms with Crippen molar-refractivity contribution in [2.45, 2.75) is 25.0 Å². The van der Waals surface area contributed by atoms with Crippen molar-refractivity contribution >= 4 is 21.0 Å². The van der Waals surface area contributed by atoms with Gasteiger partial charge in [0.2, 0.25) is 5.52 Å². The molecule has 1 heterocycles. The van der Waals surface area contributed by atoms with E-state index >= 15 is 0 Å². The number of nitrogens with zero attached hydrogens (tertiary/aromatic N) is 1. The van der Waals surface area contributed by atoms with Gasteiger partial charge in [-0.25, -0.2) is 0 Å². The number of rotatable bonds is 4. The summed E-state index contributed by atoms with van der Waals surface area (Å²) >= 11 is 0. The Morgan fingerprint density at radius 3 is 2.68 bits per heavy atom. The molecule has 0 spiro atoms. The maximum absolute atomic E-state index is 11.6. The standard InChI is InChI=1S/C13H15NO4S/c1-10(19(16,17)18)6-7-11-8-9-14(15)13-5-3-2-4-12(11)13/h2-5,8-10H,6-7H2,1H3,(H,16,17,18). The zero-order valence-corrected chi connectivity index (χ0v) is 11.3. The van der Waals surface area contributed by atoms with Gasteiger partial charge in [-0.2, -0.15) is 13.1 Å². The molecular formula is C13H15NO4S. The second-order valence-corrected chi connectivity index (χ2v) is 6.38. The maximum atomic E-state index is 11.6. The van der Waals surface area contributed by atoms with Crippen LogP contribution in [0.5, 0.6) is 0 Å². The van der Waals surface area contributed by atoms with E-state index in [9.17, 15) is 13.6 Å². The molecule has 2 aromatic rings. The average molecular weight is 281 g/mol. The van der Waals surface area contributed by atoms with Gasteiger partial charge in [0.25, 0.3) is 10.1 Å².